The van der Waals surface area contributed by atoms with E-state index in [1.807, 2.05) is 42.5 Å². The van der Waals surface area contributed by atoms with Gasteiger partial charge in [0.1, 0.15) is 0 Å². The first kappa shape index (κ1) is 18.1. The van der Waals surface area contributed by atoms with Gasteiger partial charge in [0.05, 0.1) is 6.20 Å². The van der Waals surface area contributed by atoms with Crippen LogP contribution >= 0.6 is 11.6 Å². The molecule has 0 spiro atoms. The summed E-state index contributed by atoms with van der Waals surface area (Å²) in [5.41, 5.74) is 2.45. The number of rotatable bonds is 8. The highest BCUT2D eigenvalue weighted by Gasteiger charge is 2.10. The van der Waals surface area contributed by atoms with Gasteiger partial charge in [0.15, 0.2) is 5.82 Å². The molecule has 0 amide bonds. The number of aromatic nitrogens is 3. The van der Waals surface area contributed by atoms with Crippen LogP contribution in [0.3, 0.4) is 0 Å². The van der Waals surface area contributed by atoms with E-state index in [4.69, 9.17) is 11.6 Å². The average Bonchev–Trinajstić information content (AvgIpc) is 2.69. The molecular formula is C20H22ClN5. The molecule has 0 bridgehead atoms. The van der Waals surface area contributed by atoms with Crippen molar-refractivity contribution in [2.24, 2.45) is 0 Å². The molecule has 0 radical (unpaired) electrons. The van der Waals surface area contributed by atoms with Crippen LogP contribution in [-0.2, 0) is 13.0 Å². The third kappa shape index (κ3) is 5.17. The molecule has 0 aliphatic rings. The van der Waals surface area contributed by atoms with E-state index in [1.165, 1.54) is 11.1 Å². The maximum absolute atomic E-state index is 5.91. The fraction of sp³-hybridized carbons (Fsp3) is 0.250. The molecule has 0 saturated carbocycles. The Morgan fingerprint density at radius 2 is 1.77 bits per heavy atom. The van der Waals surface area contributed by atoms with Gasteiger partial charge in [-0.05, 0) is 36.6 Å². The van der Waals surface area contributed by atoms with Crippen LogP contribution in [0.5, 0.6) is 0 Å². The highest BCUT2D eigenvalue weighted by atomic mass is 35.5. The van der Waals surface area contributed by atoms with Crippen molar-refractivity contribution < 1.29 is 0 Å². The van der Waals surface area contributed by atoms with E-state index in [-0.39, 0.29) is 0 Å². The van der Waals surface area contributed by atoms with E-state index in [9.17, 15) is 0 Å². The van der Waals surface area contributed by atoms with E-state index in [0.29, 0.717) is 5.95 Å². The minimum Gasteiger partial charge on any atom is -0.368 e. The minimum absolute atomic E-state index is 0.632. The van der Waals surface area contributed by atoms with Crippen molar-refractivity contribution in [3.05, 3.63) is 76.9 Å². The van der Waals surface area contributed by atoms with Gasteiger partial charge in [-0.25, -0.2) is 0 Å². The first-order chi connectivity index (χ1) is 12.7. The van der Waals surface area contributed by atoms with Crippen LogP contribution in [0.25, 0.3) is 0 Å². The fourth-order valence-corrected chi connectivity index (χ4v) is 2.75. The molecule has 0 fully saturated rings. The van der Waals surface area contributed by atoms with Gasteiger partial charge in [0.2, 0.25) is 5.95 Å². The molecule has 134 valence electrons. The first-order valence-corrected chi connectivity index (χ1v) is 9.09. The predicted molar refractivity (Wildman–Crippen MR) is 107 cm³/mol. The van der Waals surface area contributed by atoms with Crippen molar-refractivity contribution in [2.75, 3.05) is 23.3 Å². The lowest BCUT2D eigenvalue weighted by atomic mass is 10.1. The summed E-state index contributed by atoms with van der Waals surface area (Å²) in [6, 6.07) is 18.2. The Hall–Kier alpha value is -2.66. The van der Waals surface area contributed by atoms with Crippen molar-refractivity contribution in [1.29, 1.82) is 0 Å². The van der Waals surface area contributed by atoms with Crippen molar-refractivity contribution in [3.8, 4) is 0 Å². The normalized spacial score (nSPS) is 10.5. The van der Waals surface area contributed by atoms with Crippen LogP contribution < -0.4 is 10.2 Å². The molecular weight excluding hydrogens is 346 g/mol. The number of benzene rings is 2. The van der Waals surface area contributed by atoms with Gasteiger partial charge in [-0.3, -0.25) is 0 Å². The standard InChI is InChI=1S/C20H22ClN5/c1-2-26(15-17-6-4-3-5-7-17)20-24-19(14-23-25-20)22-13-12-16-8-10-18(21)11-9-16/h3-11,14H,2,12-13,15H2,1H3,(H,22,24,25). The molecule has 6 heteroatoms. The van der Waals surface area contributed by atoms with Gasteiger partial charge in [-0.1, -0.05) is 54.1 Å². The topological polar surface area (TPSA) is 53.9 Å². The third-order valence-electron chi connectivity index (χ3n) is 4.06. The lowest BCUT2D eigenvalue weighted by Crippen LogP contribution is -2.25. The number of anilines is 2. The van der Waals surface area contributed by atoms with Crippen LogP contribution in [0.4, 0.5) is 11.8 Å². The average molecular weight is 368 g/mol. The van der Waals surface area contributed by atoms with E-state index in [0.717, 1.165) is 36.9 Å². The van der Waals surface area contributed by atoms with Gasteiger partial charge in [0, 0.05) is 24.7 Å². The summed E-state index contributed by atoms with van der Waals surface area (Å²) in [5.74, 6) is 1.36. The summed E-state index contributed by atoms with van der Waals surface area (Å²) in [4.78, 5) is 6.71. The van der Waals surface area contributed by atoms with Crippen LogP contribution in [0, 0.1) is 0 Å². The molecule has 3 aromatic rings. The molecule has 0 aliphatic heterocycles. The molecule has 0 unspecified atom stereocenters. The number of hydrogen-bond acceptors (Lipinski definition) is 5. The zero-order chi connectivity index (χ0) is 18.2. The SMILES string of the molecule is CCN(Cc1ccccc1)c1nncc(NCCc2ccc(Cl)cc2)n1. The van der Waals surface area contributed by atoms with E-state index in [1.54, 1.807) is 6.20 Å². The summed E-state index contributed by atoms with van der Waals surface area (Å²) in [6.07, 6.45) is 2.54. The smallest absolute Gasteiger partial charge is 0.247 e. The second kappa shape index (κ2) is 9.15. The Kier molecular flexibility index (Phi) is 6.39. The Bertz CT molecular complexity index is 808. The second-order valence-electron chi connectivity index (χ2n) is 5.94. The van der Waals surface area contributed by atoms with Crippen LogP contribution in [0.2, 0.25) is 5.02 Å². The molecule has 0 saturated heterocycles. The highest BCUT2D eigenvalue weighted by molar-refractivity contribution is 6.30. The second-order valence-corrected chi connectivity index (χ2v) is 6.38. The van der Waals surface area contributed by atoms with Gasteiger partial charge >= 0.3 is 0 Å². The van der Waals surface area contributed by atoms with Gasteiger partial charge < -0.3 is 10.2 Å². The Morgan fingerprint density at radius 1 is 1.00 bits per heavy atom. The summed E-state index contributed by atoms with van der Waals surface area (Å²) in [5, 5.41) is 12.4. The zero-order valence-corrected chi connectivity index (χ0v) is 15.5. The number of nitrogens with zero attached hydrogens (tertiary/aromatic N) is 4. The predicted octanol–water partition coefficient (Wildman–Crippen LogP) is 4.21. The van der Waals surface area contributed by atoms with Crippen LogP contribution in [0.15, 0.2) is 60.8 Å². The summed E-state index contributed by atoms with van der Waals surface area (Å²) in [7, 11) is 0. The number of nitrogens with one attached hydrogen (secondary N) is 1. The highest BCUT2D eigenvalue weighted by Crippen LogP contribution is 2.14. The molecule has 2 aromatic carbocycles. The van der Waals surface area contributed by atoms with Gasteiger partial charge in [0.25, 0.3) is 0 Å². The van der Waals surface area contributed by atoms with Gasteiger partial charge in [-0.15, -0.1) is 5.10 Å². The molecule has 1 N–H and O–H groups in total. The molecule has 0 aliphatic carbocycles. The molecule has 5 nitrogen and oxygen atoms in total. The van der Waals surface area contributed by atoms with Crippen LogP contribution in [-0.4, -0.2) is 28.3 Å². The Balaban J connectivity index is 1.60. The zero-order valence-electron chi connectivity index (χ0n) is 14.8. The first-order valence-electron chi connectivity index (χ1n) is 8.71. The maximum atomic E-state index is 5.91. The molecule has 1 aromatic heterocycles. The molecule has 1 heterocycles. The largest absolute Gasteiger partial charge is 0.368 e. The summed E-state index contributed by atoms with van der Waals surface area (Å²) in [6.45, 7) is 4.43. The Morgan fingerprint density at radius 3 is 2.50 bits per heavy atom. The summed E-state index contributed by atoms with van der Waals surface area (Å²) < 4.78 is 0. The maximum Gasteiger partial charge on any atom is 0.247 e. The quantitative estimate of drug-likeness (QED) is 0.646. The number of hydrogen-bond donors (Lipinski definition) is 1. The van der Waals surface area contributed by atoms with Crippen molar-refractivity contribution in [2.45, 2.75) is 19.9 Å². The Labute approximate surface area is 159 Å². The number of halogens is 1. The monoisotopic (exact) mass is 367 g/mol. The lowest BCUT2D eigenvalue weighted by Gasteiger charge is -2.20. The van der Waals surface area contributed by atoms with E-state index >= 15 is 0 Å². The van der Waals surface area contributed by atoms with Crippen molar-refractivity contribution in [1.82, 2.24) is 15.2 Å². The molecule has 3 rings (SSSR count). The third-order valence-corrected chi connectivity index (χ3v) is 4.31. The molecule has 26 heavy (non-hydrogen) atoms. The minimum atomic E-state index is 0.632. The molecule has 0 atom stereocenters. The fourth-order valence-electron chi connectivity index (χ4n) is 2.63. The lowest BCUT2D eigenvalue weighted by molar-refractivity contribution is 0.769. The van der Waals surface area contributed by atoms with Crippen molar-refractivity contribution in [3.63, 3.8) is 0 Å². The van der Waals surface area contributed by atoms with E-state index < -0.39 is 0 Å². The summed E-state index contributed by atoms with van der Waals surface area (Å²) >= 11 is 5.91. The van der Waals surface area contributed by atoms with Crippen molar-refractivity contribution >= 4 is 23.4 Å². The van der Waals surface area contributed by atoms with E-state index in [2.05, 4.69) is 44.5 Å². The van der Waals surface area contributed by atoms with Crippen LogP contribution in [0.1, 0.15) is 18.1 Å². The van der Waals surface area contributed by atoms with Gasteiger partial charge in [-0.2, -0.15) is 10.1 Å².